The van der Waals surface area contributed by atoms with E-state index in [0.717, 1.165) is 11.4 Å². The van der Waals surface area contributed by atoms with E-state index in [9.17, 15) is 0 Å². The maximum Gasteiger partial charge on any atom is 0.0468 e. The molecule has 0 N–H and O–H groups in total. The van der Waals surface area contributed by atoms with E-state index >= 15 is 0 Å². The first-order chi connectivity index (χ1) is 20.6. The lowest BCUT2D eigenvalue weighted by Crippen LogP contribution is -2.16. The summed E-state index contributed by atoms with van der Waals surface area (Å²) in [5, 5.41) is 5.01. The smallest absolute Gasteiger partial charge is 0.0468 e. The summed E-state index contributed by atoms with van der Waals surface area (Å²) in [6.45, 7) is 4.69. The van der Waals surface area contributed by atoms with Crippen LogP contribution in [-0.4, -0.2) is 0 Å². The van der Waals surface area contributed by atoms with Gasteiger partial charge in [-0.3, -0.25) is 0 Å². The van der Waals surface area contributed by atoms with Crippen molar-refractivity contribution in [1.82, 2.24) is 0 Å². The molecule has 0 saturated carbocycles. The maximum atomic E-state index is 2.40. The molecule has 0 atom stereocenters. The van der Waals surface area contributed by atoms with Gasteiger partial charge in [0.15, 0.2) is 0 Å². The number of hydrogen-bond acceptors (Lipinski definition) is 1. The van der Waals surface area contributed by atoms with E-state index in [0.29, 0.717) is 0 Å². The van der Waals surface area contributed by atoms with Crippen molar-refractivity contribution in [2.24, 2.45) is 0 Å². The molecule has 0 aliphatic heterocycles. The molecule has 0 unspecified atom stereocenters. The Morgan fingerprint density at radius 3 is 1.67 bits per heavy atom. The van der Waals surface area contributed by atoms with E-state index in [4.69, 9.17) is 0 Å². The Kier molecular flexibility index (Phi) is 5.55. The maximum absolute atomic E-state index is 2.40. The van der Waals surface area contributed by atoms with Crippen molar-refractivity contribution in [2.75, 3.05) is 4.90 Å². The second-order valence-corrected chi connectivity index (χ2v) is 11.9. The molecule has 7 aromatic rings. The van der Waals surface area contributed by atoms with Crippen molar-refractivity contribution in [1.29, 1.82) is 0 Å². The van der Waals surface area contributed by atoms with Gasteiger partial charge in [-0.05, 0) is 97.4 Å². The van der Waals surface area contributed by atoms with Gasteiger partial charge in [-0.1, -0.05) is 123 Å². The van der Waals surface area contributed by atoms with Crippen molar-refractivity contribution in [2.45, 2.75) is 19.3 Å². The molecular formula is C41H31N. The molecule has 1 nitrogen and oxygen atoms in total. The summed E-state index contributed by atoms with van der Waals surface area (Å²) in [6.07, 6.45) is 0. The van der Waals surface area contributed by atoms with Gasteiger partial charge in [0.25, 0.3) is 0 Å². The van der Waals surface area contributed by atoms with E-state index in [1.54, 1.807) is 0 Å². The van der Waals surface area contributed by atoms with Crippen LogP contribution in [0.15, 0.2) is 152 Å². The van der Waals surface area contributed by atoms with Crippen molar-refractivity contribution >= 4 is 38.6 Å². The minimum Gasteiger partial charge on any atom is -0.310 e. The Bertz CT molecular complexity index is 2120. The zero-order chi connectivity index (χ0) is 28.3. The summed E-state index contributed by atoms with van der Waals surface area (Å²) in [6, 6.07) is 55.5. The molecule has 0 bridgehead atoms. The average molecular weight is 538 g/mol. The van der Waals surface area contributed by atoms with Crippen LogP contribution in [0.2, 0.25) is 0 Å². The molecule has 42 heavy (non-hydrogen) atoms. The first kappa shape index (κ1) is 24.6. The zero-order valence-electron chi connectivity index (χ0n) is 23.9. The van der Waals surface area contributed by atoms with Crippen LogP contribution in [-0.2, 0) is 5.41 Å². The molecule has 0 saturated heterocycles. The van der Waals surface area contributed by atoms with Crippen molar-refractivity contribution < 1.29 is 0 Å². The molecule has 1 heteroatoms. The predicted molar refractivity (Wildman–Crippen MR) is 179 cm³/mol. The summed E-state index contributed by atoms with van der Waals surface area (Å²) >= 11 is 0. The van der Waals surface area contributed by atoms with Gasteiger partial charge < -0.3 is 4.90 Å². The normalized spacial score (nSPS) is 13.2. The van der Waals surface area contributed by atoms with Crippen LogP contribution in [0.3, 0.4) is 0 Å². The van der Waals surface area contributed by atoms with Gasteiger partial charge in [0.1, 0.15) is 0 Å². The second-order valence-electron chi connectivity index (χ2n) is 11.9. The minimum atomic E-state index is -0.0586. The van der Waals surface area contributed by atoms with Crippen LogP contribution >= 0.6 is 0 Å². The molecule has 0 spiro atoms. The predicted octanol–water partition coefficient (Wildman–Crippen LogP) is 11.4. The molecule has 7 aromatic carbocycles. The van der Waals surface area contributed by atoms with Gasteiger partial charge in [0.05, 0.1) is 0 Å². The molecule has 200 valence electrons. The summed E-state index contributed by atoms with van der Waals surface area (Å²) in [5.74, 6) is 0. The summed E-state index contributed by atoms with van der Waals surface area (Å²) in [7, 11) is 0. The van der Waals surface area contributed by atoms with E-state index in [1.165, 1.54) is 60.6 Å². The highest BCUT2D eigenvalue weighted by atomic mass is 15.1. The van der Waals surface area contributed by atoms with Gasteiger partial charge in [0, 0.05) is 22.5 Å². The Morgan fingerprint density at radius 2 is 0.905 bits per heavy atom. The second kappa shape index (κ2) is 9.46. The molecule has 0 radical (unpaired) electrons. The highest BCUT2D eigenvalue weighted by Crippen LogP contribution is 2.50. The van der Waals surface area contributed by atoms with Crippen LogP contribution in [0, 0.1) is 0 Å². The summed E-state index contributed by atoms with van der Waals surface area (Å²) in [5.41, 5.74) is 11.3. The standard InChI is InChI=1S/C41H31N/c1-41(2)39-14-8-7-13-37(39)38-24-23-36(27-40(38)41)42(35-22-19-29-10-4-6-12-32(29)26-35)34-20-17-30(18-21-34)33-16-15-28-9-3-5-11-31(28)25-33/h3-27H,1-2H3. The molecule has 0 fully saturated rings. The summed E-state index contributed by atoms with van der Waals surface area (Å²) in [4.78, 5) is 2.40. The Balaban J connectivity index is 1.26. The van der Waals surface area contributed by atoms with E-state index < -0.39 is 0 Å². The average Bonchev–Trinajstić information content (AvgIpc) is 3.27. The molecule has 0 aromatic heterocycles. The largest absolute Gasteiger partial charge is 0.310 e. The lowest BCUT2D eigenvalue weighted by Gasteiger charge is -2.28. The first-order valence-electron chi connectivity index (χ1n) is 14.7. The highest BCUT2D eigenvalue weighted by molar-refractivity contribution is 5.91. The SMILES string of the molecule is CC1(C)c2ccccc2-c2ccc(N(c3ccc(-c4ccc5ccccc5c4)cc3)c3ccc4ccccc4c3)cc21. The molecule has 8 rings (SSSR count). The quantitative estimate of drug-likeness (QED) is 0.216. The third-order valence-corrected chi connectivity index (χ3v) is 9.02. The number of fused-ring (bicyclic) bond motifs is 5. The summed E-state index contributed by atoms with van der Waals surface area (Å²) < 4.78 is 0. The van der Waals surface area contributed by atoms with Crippen LogP contribution in [0.4, 0.5) is 17.1 Å². The monoisotopic (exact) mass is 537 g/mol. The topological polar surface area (TPSA) is 3.24 Å². The molecule has 1 aliphatic rings. The number of anilines is 3. The zero-order valence-corrected chi connectivity index (χ0v) is 23.9. The van der Waals surface area contributed by atoms with Gasteiger partial charge in [0.2, 0.25) is 0 Å². The Labute approximate surface area is 247 Å². The Morgan fingerprint density at radius 1 is 0.381 bits per heavy atom. The fraction of sp³-hybridized carbons (Fsp3) is 0.0732. The number of hydrogen-bond donors (Lipinski definition) is 0. The molecular weight excluding hydrogens is 506 g/mol. The first-order valence-corrected chi connectivity index (χ1v) is 14.7. The lowest BCUT2D eigenvalue weighted by atomic mass is 9.82. The fourth-order valence-electron chi connectivity index (χ4n) is 6.77. The van der Waals surface area contributed by atoms with Gasteiger partial charge in [-0.2, -0.15) is 0 Å². The van der Waals surface area contributed by atoms with E-state index in [2.05, 4.69) is 170 Å². The van der Waals surface area contributed by atoms with Gasteiger partial charge in [-0.25, -0.2) is 0 Å². The molecule has 0 heterocycles. The lowest BCUT2D eigenvalue weighted by molar-refractivity contribution is 0.660. The van der Waals surface area contributed by atoms with Crippen molar-refractivity contribution in [3.63, 3.8) is 0 Å². The van der Waals surface area contributed by atoms with Gasteiger partial charge >= 0.3 is 0 Å². The van der Waals surface area contributed by atoms with Crippen LogP contribution in [0.1, 0.15) is 25.0 Å². The number of benzene rings is 7. The van der Waals surface area contributed by atoms with Crippen LogP contribution in [0.25, 0.3) is 43.8 Å². The van der Waals surface area contributed by atoms with Gasteiger partial charge in [-0.15, -0.1) is 0 Å². The van der Waals surface area contributed by atoms with Crippen LogP contribution in [0.5, 0.6) is 0 Å². The number of nitrogens with zero attached hydrogens (tertiary/aromatic N) is 1. The molecule has 1 aliphatic carbocycles. The highest BCUT2D eigenvalue weighted by Gasteiger charge is 2.35. The van der Waals surface area contributed by atoms with Crippen molar-refractivity contribution in [3.8, 4) is 22.3 Å². The molecule has 0 amide bonds. The Hall–Kier alpha value is -5.14. The fourth-order valence-corrected chi connectivity index (χ4v) is 6.77. The third kappa shape index (κ3) is 3.93. The minimum absolute atomic E-state index is 0.0586. The third-order valence-electron chi connectivity index (χ3n) is 9.02. The van der Waals surface area contributed by atoms with E-state index in [-0.39, 0.29) is 5.41 Å². The van der Waals surface area contributed by atoms with Crippen LogP contribution < -0.4 is 4.90 Å². The van der Waals surface area contributed by atoms with Crippen molar-refractivity contribution in [3.05, 3.63) is 163 Å². The van der Waals surface area contributed by atoms with E-state index in [1.807, 2.05) is 0 Å². The number of rotatable bonds is 4.